The Morgan fingerprint density at radius 3 is 2.46 bits per heavy atom. The Morgan fingerprint density at radius 2 is 1.79 bits per heavy atom. The van der Waals surface area contributed by atoms with Crippen molar-refractivity contribution in [2.75, 3.05) is 5.32 Å². The lowest BCUT2D eigenvalue weighted by Gasteiger charge is -2.14. The van der Waals surface area contributed by atoms with Gasteiger partial charge in [-0.05, 0) is 31.0 Å². The van der Waals surface area contributed by atoms with Crippen molar-refractivity contribution in [3.63, 3.8) is 0 Å². The van der Waals surface area contributed by atoms with Crippen molar-refractivity contribution in [3.8, 4) is 11.4 Å². The fraction of sp³-hybridized carbons (Fsp3) is 0.227. The molecule has 2 N–H and O–H groups in total. The number of aromatic nitrogens is 2. The first kappa shape index (κ1) is 19.5. The van der Waals surface area contributed by atoms with E-state index in [-0.39, 0.29) is 30.0 Å². The quantitative estimate of drug-likeness (QED) is 0.639. The van der Waals surface area contributed by atoms with Crippen LogP contribution in [-0.4, -0.2) is 21.9 Å². The molecule has 0 saturated heterocycles. The van der Waals surface area contributed by atoms with Crippen LogP contribution in [0.4, 0.5) is 10.2 Å². The van der Waals surface area contributed by atoms with E-state index in [0.29, 0.717) is 11.6 Å². The Balaban J connectivity index is 1.84. The summed E-state index contributed by atoms with van der Waals surface area (Å²) in [6, 6.07) is 17.4. The average molecular weight is 378 g/mol. The molecular weight excluding hydrogens is 355 g/mol. The van der Waals surface area contributed by atoms with Gasteiger partial charge in [-0.15, -0.1) is 0 Å². The number of carbonyl (C=O) groups excluding carboxylic acids is 1. The Morgan fingerprint density at radius 1 is 1.07 bits per heavy atom. The molecule has 28 heavy (non-hydrogen) atoms. The summed E-state index contributed by atoms with van der Waals surface area (Å²) in [6.07, 6.45) is 0.927. The van der Waals surface area contributed by atoms with Crippen molar-refractivity contribution < 1.29 is 9.18 Å². The van der Waals surface area contributed by atoms with Crippen molar-refractivity contribution in [2.45, 2.75) is 32.9 Å². The molecule has 1 amide bonds. The monoisotopic (exact) mass is 378 g/mol. The molecule has 5 nitrogen and oxygen atoms in total. The Kier molecular flexibility index (Phi) is 6.32. The third-order valence-corrected chi connectivity index (χ3v) is 4.36. The van der Waals surface area contributed by atoms with Crippen molar-refractivity contribution in [3.05, 3.63) is 77.7 Å². The minimum atomic E-state index is -0.309. The number of anilines is 1. The number of amides is 1. The lowest BCUT2D eigenvalue weighted by Crippen LogP contribution is -2.25. The molecule has 2 aromatic carbocycles. The zero-order valence-electron chi connectivity index (χ0n) is 15.9. The summed E-state index contributed by atoms with van der Waals surface area (Å²) in [7, 11) is 0. The molecule has 3 rings (SSSR count). The van der Waals surface area contributed by atoms with Gasteiger partial charge in [0, 0.05) is 24.2 Å². The smallest absolute Gasteiger partial charge is 0.270 e. The lowest BCUT2D eigenvalue weighted by molar-refractivity contribution is 0.0946. The first-order valence-electron chi connectivity index (χ1n) is 9.29. The number of nitrogens with one attached hydrogen (secondary N) is 2. The fourth-order valence-corrected chi connectivity index (χ4v) is 2.58. The molecule has 6 heteroatoms. The van der Waals surface area contributed by atoms with E-state index in [9.17, 15) is 9.18 Å². The van der Waals surface area contributed by atoms with E-state index < -0.39 is 0 Å². The highest BCUT2D eigenvalue weighted by Gasteiger charge is 2.14. The molecule has 1 aromatic heterocycles. The van der Waals surface area contributed by atoms with Crippen LogP contribution in [0.3, 0.4) is 0 Å². The largest absolute Gasteiger partial charge is 0.367 e. The summed E-state index contributed by atoms with van der Waals surface area (Å²) >= 11 is 0. The summed E-state index contributed by atoms with van der Waals surface area (Å²) in [6.45, 7) is 4.42. The number of rotatable bonds is 7. The number of halogens is 1. The second-order valence-electron chi connectivity index (χ2n) is 6.59. The Labute approximate surface area is 164 Å². The normalized spacial score (nSPS) is 11.7. The molecule has 1 atom stereocenters. The van der Waals surface area contributed by atoms with Gasteiger partial charge in [-0.25, -0.2) is 14.4 Å². The molecular formula is C22H23FN4O. The van der Waals surface area contributed by atoms with Crippen LogP contribution >= 0.6 is 0 Å². The van der Waals surface area contributed by atoms with Gasteiger partial charge >= 0.3 is 0 Å². The molecule has 144 valence electrons. The molecule has 0 saturated carbocycles. The molecule has 0 aliphatic carbocycles. The van der Waals surface area contributed by atoms with Crippen LogP contribution in [0.1, 0.15) is 36.3 Å². The molecule has 3 aromatic rings. The van der Waals surface area contributed by atoms with E-state index in [4.69, 9.17) is 0 Å². The van der Waals surface area contributed by atoms with E-state index in [0.717, 1.165) is 17.5 Å². The Bertz CT molecular complexity index is 929. The summed E-state index contributed by atoms with van der Waals surface area (Å²) in [5, 5.41) is 6.13. The third kappa shape index (κ3) is 5.13. The number of hydrogen-bond donors (Lipinski definition) is 2. The molecule has 0 spiro atoms. The molecule has 0 aliphatic heterocycles. The second-order valence-corrected chi connectivity index (χ2v) is 6.59. The van der Waals surface area contributed by atoms with E-state index in [1.807, 2.05) is 30.3 Å². The summed E-state index contributed by atoms with van der Waals surface area (Å²) in [5.74, 6) is 0.478. The highest BCUT2D eigenvalue weighted by atomic mass is 19.1. The zero-order valence-corrected chi connectivity index (χ0v) is 15.9. The van der Waals surface area contributed by atoms with Gasteiger partial charge in [0.15, 0.2) is 5.82 Å². The SMILES string of the molecule is CCC(C)Nc1cc(C(=O)NCc2ccc(F)cc2)nc(-c2ccccc2)n1. The summed E-state index contributed by atoms with van der Waals surface area (Å²) in [5.41, 5.74) is 1.93. The second kappa shape index (κ2) is 9.08. The topological polar surface area (TPSA) is 66.9 Å². The highest BCUT2D eigenvalue weighted by Crippen LogP contribution is 2.19. The van der Waals surface area contributed by atoms with Crippen LogP contribution in [0.25, 0.3) is 11.4 Å². The van der Waals surface area contributed by atoms with Crippen molar-refractivity contribution in [1.82, 2.24) is 15.3 Å². The summed E-state index contributed by atoms with van der Waals surface area (Å²) in [4.78, 5) is 21.7. The number of hydrogen-bond acceptors (Lipinski definition) is 4. The zero-order chi connectivity index (χ0) is 19.9. The molecule has 0 fully saturated rings. The van der Waals surface area contributed by atoms with Crippen LogP contribution in [0.15, 0.2) is 60.7 Å². The number of nitrogens with zero attached hydrogens (tertiary/aromatic N) is 2. The maximum Gasteiger partial charge on any atom is 0.270 e. The van der Waals surface area contributed by atoms with Crippen LogP contribution in [-0.2, 0) is 6.54 Å². The van der Waals surface area contributed by atoms with Crippen molar-refractivity contribution in [1.29, 1.82) is 0 Å². The van der Waals surface area contributed by atoms with Crippen LogP contribution in [0, 0.1) is 5.82 Å². The standard InChI is InChI=1S/C22H23FN4O/c1-3-15(2)25-20-13-19(26-21(27-20)17-7-5-4-6-8-17)22(28)24-14-16-9-11-18(23)12-10-16/h4-13,15H,3,14H2,1-2H3,(H,24,28)(H,25,26,27). The molecule has 0 bridgehead atoms. The third-order valence-electron chi connectivity index (χ3n) is 4.36. The molecule has 0 radical (unpaired) electrons. The van der Waals surface area contributed by atoms with Gasteiger partial charge in [-0.1, -0.05) is 49.4 Å². The van der Waals surface area contributed by atoms with Crippen LogP contribution in [0.5, 0.6) is 0 Å². The van der Waals surface area contributed by atoms with Gasteiger partial charge in [-0.3, -0.25) is 4.79 Å². The average Bonchev–Trinajstić information content (AvgIpc) is 2.73. The molecule has 0 aliphatic rings. The van der Waals surface area contributed by atoms with Crippen molar-refractivity contribution >= 4 is 11.7 Å². The molecule has 1 heterocycles. The van der Waals surface area contributed by atoms with E-state index in [1.165, 1.54) is 12.1 Å². The minimum Gasteiger partial charge on any atom is -0.367 e. The maximum atomic E-state index is 13.0. The predicted octanol–water partition coefficient (Wildman–Crippen LogP) is 4.42. The van der Waals surface area contributed by atoms with Gasteiger partial charge in [0.25, 0.3) is 5.91 Å². The number of benzene rings is 2. The predicted molar refractivity (Wildman–Crippen MR) is 108 cm³/mol. The fourth-order valence-electron chi connectivity index (χ4n) is 2.58. The van der Waals surface area contributed by atoms with Gasteiger partial charge in [0.2, 0.25) is 0 Å². The van der Waals surface area contributed by atoms with E-state index >= 15 is 0 Å². The lowest BCUT2D eigenvalue weighted by atomic mass is 10.2. The maximum absolute atomic E-state index is 13.0. The van der Waals surface area contributed by atoms with Gasteiger partial charge < -0.3 is 10.6 Å². The van der Waals surface area contributed by atoms with Gasteiger partial charge in [-0.2, -0.15) is 0 Å². The number of carbonyl (C=O) groups is 1. The Hall–Kier alpha value is -3.28. The summed E-state index contributed by atoms with van der Waals surface area (Å²) < 4.78 is 13.0. The van der Waals surface area contributed by atoms with Crippen molar-refractivity contribution in [2.24, 2.45) is 0 Å². The first-order chi connectivity index (χ1) is 13.5. The van der Waals surface area contributed by atoms with Crippen LogP contribution < -0.4 is 10.6 Å². The van der Waals surface area contributed by atoms with E-state index in [1.54, 1.807) is 18.2 Å². The minimum absolute atomic E-state index is 0.216. The van der Waals surface area contributed by atoms with E-state index in [2.05, 4.69) is 34.4 Å². The van der Waals surface area contributed by atoms with Crippen LogP contribution in [0.2, 0.25) is 0 Å². The molecule has 1 unspecified atom stereocenters. The first-order valence-corrected chi connectivity index (χ1v) is 9.29. The van der Waals surface area contributed by atoms with Gasteiger partial charge in [0.05, 0.1) is 0 Å². The highest BCUT2D eigenvalue weighted by molar-refractivity contribution is 5.93. The van der Waals surface area contributed by atoms with Gasteiger partial charge in [0.1, 0.15) is 17.3 Å².